The molecule has 2 saturated heterocycles. The number of hydrogen-bond donors (Lipinski definition) is 1. The minimum atomic E-state index is 0.264. The van der Waals surface area contributed by atoms with Crippen LogP contribution in [0.5, 0.6) is 0 Å². The molecule has 7 heterocycles. The van der Waals surface area contributed by atoms with Gasteiger partial charge in [-0.25, -0.2) is 0 Å². The quantitative estimate of drug-likeness (QED) is 0.318. The molecule has 39 heavy (non-hydrogen) atoms. The molecule has 0 bridgehead atoms. The normalized spacial score (nSPS) is 20.2. The molecule has 2 atom stereocenters. The largest absolute Gasteiger partial charge is 0.468 e. The van der Waals surface area contributed by atoms with Gasteiger partial charge in [0, 0.05) is 38.8 Å². The molecular formula is C27H31N9O3. The van der Waals surface area contributed by atoms with Gasteiger partial charge in [0.25, 0.3) is 5.78 Å². The molecule has 0 aromatic carbocycles. The highest BCUT2D eigenvalue weighted by atomic mass is 16.3. The minimum Gasteiger partial charge on any atom is -0.468 e. The number of rotatable bonds is 8. The molecule has 0 radical (unpaired) electrons. The Morgan fingerprint density at radius 2 is 1.64 bits per heavy atom. The van der Waals surface area contributed by atoms with Crippen LogP contribution in [-0.2, 0) is 13.1 Å². The number of hydrogen-bond acceptors (Lipinski definition) is 11. The maximum Gasteiger partial charge on any atom is 0.259 e. The Bertz CT molecular complexity index is 1460. The lowest BCUT2D eigenvalue weighted by atomic mass is 9.90. The first-order chi connectivity index (χ1) is 19.2. The Morgan fingerprint density at radius 1 is 0.872 bits per heavy atom. The van der Waals surface area contributed by atoms with Crippen molar-refractivity contribution in [3.05, 3.63) is 66.7 Å². The van der Waals surface area contributed by atoms with E-state index in [4.69, 9.17) is 24.0 Å². The summed E-state index contributed by atoms with van der Waals surface area (Å²) in [5.41, 5.74) is 6.25. The van der Waals surface area contributed by atoms with Crippen LogP contribution in [0.15, 0.2) is 68.4 Å². The van der Waals surface area contributed by atoms with Gasteiger partial charge in [-0.15, -0.1) is 5.10 Å². The summed E-state index contributed by atoms with van der Waals surface area (Å²) in [6, 6.07) is 12.0. The van der Waals surface area contributed by atoms with Gasteiger partial charge < -0.3 is 23.9 Å². The lowest BCUT2D eigenvalue weighted by Crippen LogP contribution is -2.57. The second-order valence-corrected chi connectivity index (χ2v) is 10.4. The highest BCUT2D eigenvalue weighted by Crippen LogP contribution is 2.28. The number of furan rings is 3. The van der Waals surface area contributed by atoms with Gasteiger partial charge in [0.2, 0.25) is 17.7 Å². The third-order valence-electron chi connectivity index (χ3n) is 7.69. The van der Waals surface area contributed by atoms with Gasteiger partial charge >= 0.3 is 0 Å². The van der Waals surface area contributed by atoms with Crippen molar-refractivity contribution in [1.29, 1.82) is 0 Å². The number of nitrogens with two attached hydrogens (primary N) is 1. The molecule has 0 spiro atoms. The first-order valence-electron chi connectivity index (χ1n) is 13.4. The predicted molar refractivity (Wildman–Crippen MR) is 143 cm³/mol. The molecule has 5 aromatic heterocycles. The number of nitrogens with zero attached hydrogens (tertiary/aromatic N) is 8. The average Bonchev–Trinajstić information content (AvgIpc) is 3.76. The van der Waals surface area contributed by atoms with E-state index >= 15 is 0 Å². The third-order valence-corrected chi connectivity index (χ3v) is 7.69. The van der Waals surface area contributed by atoms with Crippen molar-refractivity contribution in [1.82, 2.24) is 34.4 Å². The van der Waals surface area contributed by atoms with E-state index < -0.39 is 0 Å². The van der Waals surface area contributed by atoms with Crippen LogP contribution in [0.1, 0.15) is 24.4 Å². The summed E-state index contributed by atoms with van der Waals surface area (Å²) < 4.78 is 18.2. The third kappa shape index (κ3) is 5.00. The van der Waals surface area contributed by atoms with Crippen molar-refractivity contribution in [3.63, 3.8) is 0 Å². The highest BCUT2D eigenvalue weighted by Gasteiger charge is 2.34. The van der Waals surface area contributed by atoms with Gasteiger partial charge in [0.1, 0.15) is 11.5 Å². The second kappa shape index (κ2) is 10.2. The molecular weight excluding hydrogens is 498 g/mol. The molecule has 7 rings (SSSR count). The fraction of sp³-hybridized carbons (Fsp3) is 0.407. The van der Waals surface area contributed by atoms with Crippen molar-refractivity contribution in [2.75, 3.05) is 43.4 Å². The number of piperidine rings is 1. The summed E-state index contributed by atoms with van der Waals surface area (Å²) >= 11 is 0. The summed E-state index contributed by atoms with van der Waals surface area (Å²) in [4.78, 5) is 21.0. The first kappa shape index (κ1) is 23.9. The molecule has 0 aliphatic carbocycles. The number of aromatic nitrogens is 5. The fourth-order valence-corrected chi connectivity index (χ4v) is 5.83. The minimum absolute atomic E-state index is 0.264. The number of anilines is 2. The molecule has 0 amide bonds. The molecule has 5 aromatic rings. The average molecular weight is 530 g/mol. The summed E-state index contributed by atoms with van der Waals surface area (Å²) in [6.45, 7) is 6.26. The Labute approximate surface area is 225 Å². The zero-order valence-corrected chi connectivity index (χ0v) is 21.6. The van der Waals surface area contributed by atoms with E-state index in [0.717, 1.165) is 63.8 Å². The summed E-state index contributed by atoms with van der Waals surface area (Å²) in [5.74, 6) is 4.82. The standard InChI is InChI=1S/C27H31N9O3/c28-25-30-26(31-27-29-24(32-36(25)27)23-6-3-13-39-23)35-10-9-34-15-19(7-8-20(34)16-35)14-33(17-21-4-1-11-37-21)18-22-5-2-12-38-22/h1-6,11-13,19-20H,7-10,14-18H2,(H2,28,29,30,31,32)/t19-,20+/m1/s1. The first-order valence-corrected chi connectivity index (χ1v) is 13.4. The zero-order valence-electron chi connectivity index (χ0n) is 21.6. The van der Waals surface area contributed by atoms with Crippen LogP contribution in [0, 0.1) is 5.92 Å². The van der Waals surface area contributed by atoms with Crippen LogP contribution in [0.2, 0.25) is 0 Å². The summed E-state index contributed by atoms with van der Waals surface area (Å²) in [5, 5.41) is 4.40. The monoisotopic (exact) mass is 529 g/mol. The lowest BCUT2D eigenvalue weighted by molar-refractivity contribution is 0.0690. The molecule has 0 unspecified atom stereocenters. The van der Waals surface area contributed by atoms with Gasteiger partial charge in [-0.05, 0) is 55.2 Å². The Kier molecular flexibility index (Phi) is 6.25. The Balaban J connectivity index is 1.01. The molecule has 2 aliphatic rings. The van der Waals surface area contributed by atoms with E-state index in [9.17, 15) is 0 Å². The molecule has 202 valence electrons. The SMILES string of the molecule is Nc1nc(N2CCN3C[C@@H](CN(Cc4ccco4)Cc4ccco4)CC[C@H]3C2)nc2nc(-c3ccco3)nn12. The second-order valence-electron chi connectivity index (χ2n) is 10.4. The number of piperazine rings is 1. The van der Waals surface area contributed by atoms with Crippen molar-refractivity contribution in [2.24, 2.45) is 5.92 Å². The van der Waals surface area contributed by atoms with Gasteiger partial charge in [-0.2, -0.15) is 19.5 Å². The maximum absolute atomic E-state index is 6.25. The van der Waals surface area contributed by atoms with Crippen molar-refractivity contribution in [2.45, 2.75) is 32.0 Å². The fourth-order valence-electron chi connectivity index (χ4n) is 5.83. The van der Waals surface area contributed by atoms with E-state index in [1.54, 1.807) is 24.9 Å². The van der Waals surface area contributed by atoms with Crippen LogP contribution in [0.25, 0.3) is 17.4 Å². The number of nitrogen functional groups attached to an aromatic ring is 1. The van der Waals surface area contributed by atoms with Crippen molar-refractivity contribution < 1.29 is 13.3 Å². The topological polar surface area (TPSA) is 131 Å². The van der Waals surface area contributed by atoms with Gasteiger partial charge in [-0.3, -0.25) is 9.80 Å². The molecule has 2 N–H and O–H groups in total. The Morgan fingerprint density at radius 3 is 2.36 bits per heavy atom. The van der Waals surface area contributed by atoms with E-state index in [-0.39, 0.29) is 5.95 Å². The predicted octanol–water partition coefficient (Wildman–Crippen LogP) is 3.15. The molecule has 2 fully saturated rings. The smallest absolute Gasteiger partial charge is 0.259 e. The van der Waals surface area contributed by atoms with Gasteiger partial charge in [0.05, 0.1) is 31.9 Å². The maximum atomic E-state index is 6.25. The Hall–Kier alpha value is -4.16. The van der Waals surface area contributed by atoms with E-state index in [1.807, 2.05) is 30.3 Å². The summed E-state index contributed by atoms with van der Waals surface area (Å²) in [7, 11) is 0. The molecule has 12 nitrogen and oxygen atoms in total. The van der Waals surface area contributed by atoms with E-state index in [0.29, 0.717) is 35.3 Å². The van der Waals surface area contributed by atoms with Crippen molar-refractivity contribution in [3.8, 4) is 11.6 Å². The van der Waals surface area contributed by atoms with Crippen LogP contribution in [0.4, 0.5) is 11.9 Å². The highest BCUT2D eigenvalue weighted by molar-refractivity contribution is 5.53. The zero-order chi connectivity index (χ0) is 26.2. The summed E-state index contributed by atoms with van der Waals surface area (Å²) in [6.07, 6.45) is 7.36. The number of fused-ring (bicyclic) bond motifs is 2. The van der Waals surface area contributed by atoms with Crippen LogP contribution in [-0.4, -0.2) is 73.1 Å². The van der Waals surface area contributed by atoms with E-state index in [2.05, 4.69) is 29.8 Å². The van der Waals surface area contributed by atoms with E-state index in [1.165, 1.54) is 10.9 Å². The van der Waals surface area contributed by atoms with Crippen LogP contribution < -0.4 is 10.6 Å². The van der Waals surface area contributed by atoms with Gasteiger partial charge in [-0.1, -0.05) is 0 Å². The molecule has 12 heteroatoms. The van der Waals surface area contributed by atoms with Crippen LogP contribution >= 0.6 is 0 Å². The van der Waals surface area contributed by atoms with Crippen molar-refractivity contribution >= 4 is 17.7 Å². The van der Waals surface area contributed by atoms with Crippen LogP contribution in [0.3, 0.4) is 0 Å². The molecule has 0 saturated carbocycles. The van der Waals surface area contributed by atoms with Gasteiger partial charge in [0.15, 0.2) is 5.76 Å². The molecule has 2 aliphatic heterocycles. The lowest BCUT2D eigenvalue weighted by Gasteiger charge is -2.46.